The lowest BCUT2D eigenvalue weighted by Crippen LogP contribution is -2.62. The van der Waals surface area contributed by atoms with E-state index in [9.17, 15) is 9.59 Å². The van der Waals surface area contributed by atoms with Crippen LogP contribution < -0.4 is 10.6 Å². The third-order valence-corrected chi connectivity index (χ3v) is 4.65. The molecule has 2 rings (SSSR count). The van der Waals surface area contributed by atoms with Crippen LogP contribution in [0.2, 0.25) is 0 Å². The number of hydrogen-bond acceptors (Lipinski definition) is 3. The first-order valence-corrected chi connectivity index (χ1v) is 8.03. The van der Waals surface area contributed by atoms with Crippen LogP contribution in [0.3, 0.4) is 0 Å². The number of ether oxygens (including phenoxy) is 1. The number of carbonyl (C=O) groups excluding carboxylic acids is 2. The zero-order valence-corrected chi connectivity index (χ0v) is 14.6. The van der Waals surface area contributed by atoms with E-state index in [0.717, 1.165) is 16.6 Å². The highest BCUT2D eigenvalue weighted by Crippen LogP contribution is 2.43. The highest BCUT2D eigenvalue weighted by atomic mass is 79.9. The molecule has 22 heavy (non-hydrogen) atoms. The van der Waals surface area contributed by atoms with E-state index < -0.39 is 17.1 Å². The molecule has 1 heterocycles. The predicted molar refractivity (Wildman–Crippen MR) is 88.6 cm³/mol. The first-order chi connectivity index (χ1) is 10.2. The van der Waals surface area contributed by atoms with E-state index in [2.05, 4.69) is 15.9 Å². The van der Waals surface area contributed by atoms with Gasteiger partial charge >= 0.3 is 6.09 Å². The van der Waals surface area contributed by atoms with Gasteiger partial charge in [-0.3, -0.25) is 4.79 Å². The van der Waals surface area contributed by atoms with Crippen LogP contribution in [-0.4, -0.2) is 24.1 Å². The van der Waals surface area contributed by atoms with E-state index in [-0.39, 0.29) is 5.91 Å². The Kier molecular flexibility index (Phi) is 4.52. The van der Waals surface area contributed by atoms with Gasteiger partial charge in [0.2, 0.25) is 0 Å². The SMILES string of the molecule is CC(C)(C)C1(OC(N)=O)CCCN(c2ccc(Br)cc2)C1=O. The molecule has 0 aliphatic carbocycles. The molecule has 1 aromatic carbocycles. The molecule has 1 aliphatic heterocycles. The second kappa shape index (κ2) is 5.91. The molecule has 0 radical (unpaired) electrons. The fourth-order valence-corrected chi connectivity index (χ4v) is 3.16. The van der Waals surface area contributed by atoms with Crippen molar-refractivity contribution in [2.45, 2.75) is 39.2 Å². The van der Waals surface area contributed by atoms with Gasteiger partial charge in [-0.25, -0.2) is 4.79 Å². The molecule has 0 bridgehead atoms. The molecular weight excluding hydrogens is 348 g/mol. The summed E-state index contributed by atoms with van der Waals surface area (Å²) in [6.45, 7) is 6.26. The van der Waals surface area contributed by atoms with Gasteiger partial charge in [0.1, 0.15) is 0 Å². The monoisotopic (exact) mass is 368 g/mol. The second-order valence-electron chi connectivity index (χ2n) is 6.53. The Balaban J connectivity index is 2.42. The normalized spacial score (nSPS) is 22.5. The van der Waals surface area contributed by atoms with Crippen LogP contribution in [0.1, 0.15) is 33.6 Å². The summed E-state index contributed by atoms with van der Waals surface area (Å²) in [5, 5.41) is 0. The van der Waals surface area contributed by atoms with Crippen molar-refractivity contribution in [3.8, 4) is 0 Å². The fourth-order valence-electron chi connectivity index (χ4n) is 2.90. The Morgan fingerprint density at radius 3 is 2.41 bits per heavy atom. The maximum atomic E-state index is 13.1. The Morgan fingerprint density at radius 2 is 1.91 bits per heavy atom. The number of halogens is 1. The van der Waals surface area contributed by atoms with Crippen molar-refractivity contribution in [3.63, 3.8) is 0 Å². The molecule has 1 aromatic rings. The zero-order valence-electron chi connectivity index (χ0n) is 13.1. The van der Waals surface area contributed by atoms with Gasteiger partial charge < -0.3 is 15.4 Å². The van der Waals surface area contributed by atoms with Gasteiger partial charge in [0.15, 0.2) is 5.60 Å². The Morgan fingerprint density at radius 1 is 1.32 bits per heavy atom. The number of benzene rings is 1. The number of nitrogens with zero attached hydrogens (tertiary/aromatic N) is 1. The molecule has 1 atom stereocenters. The average Bonchev–Trinajstić information content (AvgIpc) is 2.40. The van der Waals surface area contributed by atoms with E-state index >= 15 is 0 Å². The smallest absolute Gasteiger partial charge is 0.405 e. The molecule has 6 heteroatoms. The van der Waals surface area contributed by atoms with Crippen LogP contribution in [0.4, 0.5) is 10.5 Å². The van der Waals surface area contributed by atoms with Crippen molar-refractivity contribution in [1.82, 2.24) is 0 Å². The van der Waals surface area contributed by atoms with E-state index in [1.807, 2.05) is 45.0 Å². The van der Waals surface area contributed by atoms with Crippen LogP contribution in [0.15, 0.2) is 28.7 Å². The van der Waals surface area contributed by atoms with Gasteiger partial charge in [-0.15, -0.1) is 0 Å². The molecule has 5 nitrogen and oxygen atoms in total. The Hall–Kier alpha value is -1.56. The van der Waals surface area contributed by atoms with Crippen molar-refractivity contribution in [3.05, 3.63) is 28.7 Å². The number of primary amides is 1. The third kappa shape index (κ3) is 2.97. The molecule has 1 unspecified atom stereocenters. The minimum atomic E-state index is -1.23. The number of rotatable bonds is 2. The molecule has 1 aliphatic rings. The van der Waals surface area contributed by atoms with E-state index in [4.69, 9.17) is 10.5 Å². The summed E-state index contributed by atoms with van der Waals surface area (Å²) in [5.41, 5.74) is 4.24. The molecule has 2 amide bonds. The number of carbonyl (C=O) groups is 2. The number of piperidine rings is 1. The zero-order chi connectivity index (χ0) is 16.5. The Bertz CT molecular complexity index is 580. The lowest BCUT2D eigenvalue weighted by Gasteiger charge is -2.47. The molecule has 120 valence electrons. The highest BCUT2D eigenvalue weighted by molar-refractivity contribution is 9.10. The van der Waals surface area contributed by atoms with Gasteiger partial charge in [0.25, 0.3) is 5.91 Å². The molecule has 1 fully saturated rings. The van der Waals surface area contributed by atoms with Crippen LogP contribution in [0, 0.1) is 5.41 Å². The van der Waals surface area contributed by atoms with Crippen molar-refractivity contribution in [1.29, 1.82) is 0 Å². The standard InChI is InChI=1S/C16H21BrN2O3/c1-15(2,3)16(22-14(18)21)9-4-10-19(13(16)20)12-7-5-11(17)6-8-12/h5-8H,4,9-10H2,1-3H3,(H2,18,21). The van der Waals surface area contributed by atoms with Crippen LogP contribution in [-0.2, 0) is 9.53 Å². The maximum absolute atomic E-state index is 13.1. The molecule has 0 aromatic heterocycles. The van der Waals surface area contributed by atoms with Gasteiger partial charge in [-0.1, -0.05) is 36.7 Å². The summed E-state index contributed by atoms with van der Waals surface area (Å²) < 4.78 is 6.31. The molecule has 2 N–H and O–H groups in total. The van der Waals surface area contributed by atoms with Gasteiger partial charge in [0, 0.05) is 22.1 Å². The van der Waals surface area contributed by atoms with E-state index in [1.165, 1.54) is 0 Å². The molecule has 0 spiro atoms. The van der Waals surface area contributed by atoms with Crippen LogP contribution >= 0.6 is 15.9 Å². The first-order valence-electron chi connectivity index (χ1n) is 7.23. The van der Waals surface area contributed by atoms with Crippen molar-refractivity contribution in [2.24, 2.45) is 11.1 Å². The van der Waals surface area contributed by atoms with Gasteiger partial charge in [-0.2, -0.15) is 0 Å². The predicted octanol–water partition coefficient (Wildman–Crippen LogP) is 3.46. The topological polar surface area (TPSA) is 72.6 Å². The quantitative estimate of drug-likeness (QED) is 0.868. The summed E-state index contributed by atoms with van der Waals surface area (Å²) in [6, 6.07) is 7.49. The summed E-state index contributed by atoms with van der Waals surface area (Å²) in [5.74, 6) is -0.215. The number of amides is 2. The number of anilines is 1. The largest absolute Gasteiger partial charge is 0.432 e. The number of hydrogen-bond donors (Lipinski definition) is 1. The summed E-state index contributed by atoms with van der Waals surface area (Å²) >= 11 is 3.38. The van der Waals surface area contributed by atoms with Crippen LogP contribution in [0.5, 0.6) is 0 Å². The lowest BCUT2D eigenvalue weighted by molar-refractivity contribution is -0.153. The average molecular weight is 369 g/mol. The summed E-state index contributed by atoms with van der Waals surface area (Å²) in [4.78, 5) is 26.1. The van der Waals surface area contributed by atoms with Crippen molar-refractivity contribution < 1.29 is 14.3 Å². The van der Waals surface area contributed by atoms with Crippen molar-refractivity contribution in [2.75, 3.05) is 11.4 Å². The van der Waals surface area contributed by atoms with Crippen LogP contribution in [0.25, 0.3) is 0 Å². The fraction of sp³-hybridized carbons (Fsp3) is 0.500. The lowest BCUT2D eigenvalue weighted by atomic mass is 9.71. The molecule has 1 saturated heterocycles. The first kappa shape index (κ1) is 16.8. The van der Waals surface area contributed by atoms with E-state index in [1.54, 1.807) is 4.90 Å². The third-order valence-electron chi connectivity index (χ3n) is 4.13. The van der Waals surface area contributed by atoms with Crippen molar-refractivity contribution >= 4 is 33.6 Å². The maximum Gasteiger partial charge on any atom is 0.405 e. The minimum absolute atomic E-state index is 0.215. The van der Waals surface area contributed by atoms with Gasteiger partial charge in [0.05, 0.1) is 0 Å². The molecule has 0 saturated carbocycles. The Labute approximate surface area is 138 Å². The minimum Gasteiger partial charge on any atom is -0.432 e. The second-order valence-corrected chi connectivity index (χ2v) is 7.45. The summed E-state index contributed by atoms with van der Waals surface area (Å²) in [6.07, 6.45) is 0.304. The summed E-state index contributed by atoms with van der Waals surface area (Å²) in [7, 11) is 0. The number of nitrogens with two attached hydrogens (primary N) is 1. The molecular formula is C16H21BrN2O3. The highest BCUT2D eigenvalue weighted by Gasteiger charge is 2.55. The van der Waals surface area contributed by atoms with Gasteiger partial charge in [-0.05, 0) is 37.1 Å². The van der Waals surface area contributed by atoms with E-state index in [0.29, 0.717) is 13.0 Å².